The molecule has 15 nitrogen and oxygen atoms in total. The van der Waals surface area contributed by atoms with E-state index in [1.165, 1.54) is 0 Å². The Kier molecular flexibility index (Phi) is 12.7. The van der Waals surface area contributed by atoms with Crippen LogP contribution in [-0.2, 0) is 19.0 Å². The quantitative estimate of drug-likeness (QED) is 0.110. The van der Waals surface area contributed by atoms with E-state index in [0.29, 0.717) is 0 Å². The molecule has 1 heterocycles. The van der Waals surface area contributed by atoms with E-state index in [0.717, 1.165) is 0 Å². The number of aliphatic hydroxyl groups is 8. The minimum Gasteiger partial charge on any atom is -0.444 e. The highest BCUT2D eigenvalue weighted by molar-refractivity contribution is 5.81. The number of carbonyl (C=O) groups is 2. The zero-order chi connectivity index (χ0) is 26.9. The van der Waals surface area contributed by atoms with Crippen LogP contribution in [0, 0.1) is 0 Å². The lowest BCUT2D eigenvalue weighted by Crippen LogP contribution is -2.62. The van der Waals surface area contributed by atoms with Crippen LogP contribution in [0.3, 0.4) is 0 Å². The highest BCUT2D eigenvalue weighted by atomic mass is 16.7. The molecule has 0 saturated carbocycles. The molecule has 0 aliphatic carbocycles. The minimum absolute atomic E-state index is 0.0147. The molecule has 206 valence electrons. The number of hydrogen-bond acceptors (Lipinski definition) is 13. The average molecular weight is 515 g/mol. The number of ether oxygens (including phenoxy) is 3. The van der Waals surface area contributed by atoms with Gasteiger partial charge in [0.15, 0.2) is 12.4 Å². The van der Waals surface area contributed by atoms with Crippen LogP contribution < -0.4 is 10.6 Å². The van der Waals surface area contributed by atoms with Crippen molar-refractivity contribution in [3.63, 3.8) is 0 Å². The van der Waals surface area contributed by atoms with E-state index in [1.54, 1.807) is 20.8 Å². The van der Waals surface area contributed by atoms with E-state index in [2.05, 4.69) is 10.6 Å². The molecule has 1 aliphatic heterocycles. The molecule has 1 fully saturated rings. The zero-order valence-corrected chi connectivity index (χ0v) is 19.9. The van der Waals surface area contributed by atoms with Gasteiger partial charge < -0.3 is 65.7 Å². The summed E-state index contributed by atoms with van der Waals surface area (Å²) in [7, 11) is 0. The summed E-state index contributed by atoms with van der Waals surface area (Å²) in [5.74, 6) is -1.07. The molecular formula is C20H38N2O13. The van der Waals surface area contributed by atoms with E-state index in [-0.39, 0.29) is 19.5 Å². The summed E-state index contributed by atoms with van der Waals surface area (Å²) in [6.45, 7) is 3.46. The standard InChI is InChI=1S/C20H38N2O13/c1-20(2,3)35-19(32)22-6-4-5-21-17(31)14(29)13(28)16(9(25)7-23)34-18-15(30)12(27)11(26)10(8-24)33-18/h9-16,18,23-30H,4-8H2,1-3H3,(H,21,31)(H,22,32)/t9-,10-,11+,12+,13-,14-,15-,16-,18?/m1/s1. The third-order valence-corrected chi connectivity index (χ3v) is 4.96. The second-order valence-electron chi connectivity index (χ2n) is 9.06. The fourth-order valence-corrected chi connectivity index (χ4v) is 3.08. The fraction of sp³-hybridized carbons (Fsp3) is 0.900. The van der Waals surface area contributed by atoms with Gasteiger partial charge in [-0.2, -0.15) is 0 Å². The van der Waals surface area contributed by atoms with Crippen molar-refractivity contribution in [2.45, 2.75) is 87.9 Å². The Morgan fingerprint density at radius 3 is 2.11 bits per heavy atom. The molecule has 35 heavy (non-hydrogen) atoms. The molecule has 0 bridgehead atoms. The third-order valence-electron chi connectivity index (χ3n) is 4.96. The molecule has 9 atom stereocenters. The number of rotatable bonds is 12. The highest BCUT2D eigenvalue weighted by Gasteiger charge is 2.47. The van der Waals surface area contributed by atoms with Crippen molar-refractivity contribution in [3.05, 3.63) is 0 Å². The average Bonchev–Trinajstić information content (AvgIpc) is 2.79. The minimum atomic E-state index is -2.16. The lowest BCUT2D eigenvalue weighted by molar-refractivity contribution is -0.326. The predicted molar refractivity (Wildman–Crippen MR) is 116 cm³/mol. The molecule has 0 spiro atoms. The van der Waals surface area contributed by atoms with Crippen molar-refractivity contribution in [1.29, 1.82) is 0 Å². The molecule has 0 radical (unpaired) electrons. The first-order valence-corrected chi connectivity index (χ1v) is 11.1. The van der Waals surface area contributed by atoms with Crippen molar-refractivity contribution < 1.29 is 64.7 Å². The first kappa shape index (κ1) is 31.4. The van der Waals surface area contributed by atoms with Crippen molar-refractivity contribution in [3.8, 4) is 0 Å². The van der Waals surface area contributed by atoms with Crippen molar-refractivity contribution in [2.24, 2.45) is 0 Å². The Hall–Kier alpha value is -1.66. The van der Waals surface area contributed by atoms with Crippen LogP contribution in [0.15, 0.2) is 0 Å². The van der Waals surface area contributed by atoms with Crippen molar-refractivity contribution in [2.75, 3.05) is 26.3 Å². The third kappa shape index (κ3) is 9.72. The maximum absolute atomic E-state index is 12.2. The molecule has 10 N–H and O–H groups in total. The highest BCUT2D eigenvalue weighted by Crippen LogP contribution is 2.25. The van der Waals surface area contributed by atoms with Gasteiger partial charge in [0.25, 0.3) is 5.91 Å². The Morgan fingerprint density at radius 2 is 1.57 bits per heavy atom. The molecule has 1 saturated heterocycles. The van der Waals surface area contributed by atoms with Crippen LogP contribution in [0.5, 0.6) is 0 Å². The molecule has 1 unspecified atom stereocenters. The van der Waals surface area contributed by atoms with Gasteiger partial charge in [-0.25, -0.2) is 4.79 Å². The molecule has 0 aromatic heterocycles. The zero-order valence-electron chi connectivity index (χ0n) is 19.9. The number of amides is 2. The number of nitrogens with one attached hydrogen (secondary N) is 2. The molecule has 1 aliphatic rings. The molecule has 15 heteroatoms. The molecular weight excluding hydrogens is 476 g/mol. The first-order valence-electron chi connectivity index (χ1n) is 11.1. The summed E-state index contributed by atoms with van der Waals surface area (Å²) in [5, 5.41) is 83.7. The van der Waals surface area contributed by atoms with Crippen LogP contribution >= 0.6 is 0 Å². The van der Waals surface area contributed by atoms with Crippen LogP contribution in [0.2, 0.25) is 0 Å². The van der Waals surface area contributed by atoms with Gasteiger partial charge in [0.2, 0.25) is 0 Å². The molecule has 1 rings (SSSR count). The summed E-state index contributed by atoms with van der Waals surface area (Å²) in [5.41, 5.74) is -0.675. The Morgan fingerprint density at radius 1 is 0.971 bits per heavy atom. The summed E-state index contributed by atoms with van der Waals surface area (Å²) in [6.07, 6.45) is -17.0. The Labute approximate surface area is 202 Å². The first-order chi connectivity index (χ1) is 16.2. The van der Waals surface area contributed by atoms with Gasteiger partial charge in [-0.3, -0.25) is 4.79 Å². The maximum Gasteiger partial charge on any atom is 0.407 e. The Balaban J connectivity index is 2.66. The lowest BCUT2D eigenvalue weighted by atomic mass is 9.98. The molecule has 0 aromatic rings. The van der Waals surface area contributed by atoms with Gasteiger partial charge in [-0.05, 0) is 27.2 Å². The number of hydrogen-bond donors (Lipinski definition) is 10. The van der Waals surface area contributed by atoms with Crippen LogP contribution in [0.4, 0.5) is 4.79 Å². The monoisotopic (exact) mass is 514 g/mol. The van der Waals surface area contributed by atoms with Gasteiger partial charge >= 0.3 is 6.09 Å². The number of carbonyl (C=O) groups excluding carboxylic acids is 2. The second kappa shape index (κ2) is 14.2. The number of aliphatic hydroxyl groups excluding tert-OH is 8. The van der Waals surface area contributed by atoms with E-state index >= 15 is 0 Å². The van der Waals surface area contributed by atoms with Gasteiger partial charge in [0.1, 0.15) is 48.3 Å². The predicted octanol–water partition coefficient (Wildman–Crippen LogP) is -4.72. The van der Waals surface area contributed by atoms with E-state index < -0.39 is 85.9 Å². The normalized spacial score (nSPS) is 28.5. The van der Waals surface area contributed by atoms with Gasteiger partial charge in [-0.1, -0.05) is 0 Å². The maximum atomic E-state index is 12.2. The summed E-state index contributed by atoms with van der Waals surface area (Å²) < 4.78 is 15.4. The van der Waals surface area contributed by atoms with E-state index in [9.17, 15) is 50.4 Å². The SMILES string of the molecule is CC(C)(C)OC(=O)NCCCNC(=O)[C@H](O)[C@@H](O)[C@H](OC1O[C@H](CO)[C@H](O)[C@H](O)[C@H]1O)[C@H](O)CO. The smallest absolute Gasteiger partial charge is 0.407 e. The largest absolute Gasteiger partial charge is 0.444 e. The van der Waals surface area contributed by atoms with Crippen molar-refractivity contribution >= 4 is 12.0 Å². The topological polar surface area (TPSA) is 248 Å². The molecule has 2 amide bonds. The fourth-order valence-electron chi connectivity index (χ4n) is 3.08. The van der Waals surface area contributed by atoms with Gasteiger partial charge in [0, 0.05) is 13.1 Å². The Bertz CT molecular complexity index is 659. The van der Waals surface area contributed by atoms with Gasteiger partial charge in [0.05, 0.1) is 13.2 Å². The summed E-state index contributed by atoms with van der Waals surface area (Å²) in [4.78, 5) is 23.8. The molecule has 0 aromatic carbocycles. The summed E-state index contributed by atoms with van der Waals surface area (Å²) >= 11 is 0. The van der Waals surface area contributed by atoms with Crippen molar-refractivity contribution in [1.82, 2.24) is 10.6 Å². The van der Waals surface area contributed by atoms with Crippen LogP contribution in [-0.4, -0.2) is 140 Å². The lowest BCUT2D eigenvalue weighted by Gasteiger charge is -2.42. The van der Waals surface area contributed by atoms with Crippen LogP contribution in [0.25, 0.3) is 0 Å². The second-order valence-corrected chi connectivity index (χ2v) is 9.06. The van der Waals surface area contributed by atoms with Gasteiger partial charge in [-0.15, -0.1) is 0 Å². The number of alkyl carbamates (subject to hydrolysis) is 1. The van der Waals surface area contributed by atoms with E-state index in [1.807, 2.05) is 0 Å². The van der Waals surface area contributed by atoms with Crippen LogP contribution in [0.1, 0.15) is 27.2 Å². The summed E-state index contributed by atoms with van der Waals surface area (Å²) in [6, 6.07) is 0. The van der Waals surface area contributed by atoms with E-state index in [4.69, 9.17) is 14.2 Å².